The molecule has 1 fully saturated rings. The summed E-state index contributed by atoms with van der Waals surface area (Å²) in [6, 6.07) is 15.2. The van der Waals surface area contributed by atoms with Crippen molar-refractivity contribution in [1.29, 1.82) is 0 Å². The van der Waals surface area contributed by atoms with Gasteiger partial charge in [-0.05, 0) is 45.0 Å². The Morgan fingerprint density at radius 1 is 1.06 bits per heavy atom. The van der Waals surface area contributed by atoms with Crippen LogP contribution in [0.5, 0.6) is 0 Å². The van der Waals surface area contributed by atoms with Gasteiger partial charge in [-0.3, -0.25) is 14.3 Å². The summed E-state index contributed by atoms with van der Waals surface area (Å²) in [5.41, 5.74) is 8.56. The fourth-order valence-corrected chi connectivity index (χ4v) is 4.68. The second kappa shape index (κ2) is 9.23. The number of primary amides is 1. The van der Waals surface area contributed by atoms with Crippen LogP contribution in [-0.4, -0.2) is 57.1 Å². The lowest BCUT2D eigenvalue weighted by Crippen LogP contribution is -2.53. The largest absolute Gasteiger partial charge is 0.369 e. The highest BCUT2D eigenvalue weighted by atomic mass is 19.1. The van der Waals surface area contributed by atoms with Gasteiger partial charge in [-0.15, -0.1) is 0 Å². The van der Waals surface area contributed by atoms with E-state index in [1.165, 1.54) is 10.8 Å². The molecule has 0 bridgehead atoms. The number of carbonyl (C=O) groups excluding carboxylic acids is 1. The van der Waals surface area contributed by atoms with Crippen molar-refractivity contribution in [3.05, 3.63) is 72.3 Å². The number of rotatable bonds is 5. The summed E-state index contributed by atoms with van der Waals surface area (Å²) in [5, 5.41) is 3.84. The molecule has 0 radical (unpaired) electrons. The Kier molecular flexibility index (Phi) is 6.09. The van der Waals surface area contributed by atoms with Gasteiger partial charge in [0.2, 0.25) is 5.95 Å². The summed E-state index contributed by atoms with van der Waals surface area (Å²) in [7, 11) is 0. The smallest absolute Gasteiger partial charge is 0.250 e. The topological polar surface area (TPSA) is 92.3 Å². The molecule has 1 aliphatic rings. The van der Waals surface area contributed by atoms with E-state index in [1.54, 1.807) is 18.2 Å². The molecular formula is C27H30FN7O. The number of piperazine rings is 1. The fourth-order valence-electron chi connectivity index (χ4n) is 4.68. The first-order valence-electron chi connectivity index (χ1n) is 12.0. The summed E-state index contributed by atoms with van der Waals surface area (Å²) < 4.78 is 16.4. The molecule has 0 unspecified atom stereocenters. The molecule has 5 rings (SSSR count). The van der Waals surface area contributed by atoms with Gasteiger partial charge in [0, 0.05) is 54.7 Å². The molecule has 0 atom stereocenters. The van der Waals surface area contributed by atoms with E-state index in [1.807, 2.05) is 18.2 Å². The van der Waals surface area contributed by atoms with Crippen molar-refractivity contribution in [2.45, 2.75) is 26.3 Å². The number of amides is 1. The highest BCUT2D eigenvalue weighted by Gasteiger charge is 2.26. The summed E-state index contributed by atoms with van der Waals surface area (Å²) in [5.74, 6) is -0.911. The van der Waals surface area contributed by atoms with Crippen LogP contribution in [0.1, 0.15) is 31.1 Å². The Hall–Kier alpha value is -3.98. The van der Waals surface area contributed by atoms with E-state index in [0.29, 0.717) is 16.5 Å². The molecule has 1 aliphatic heterocycles. The minimum Gasteiger partial charge on any atom is -0.369 e. The highest BCUT2D eigenvalue weighted by molar-refractivity contribution is 6.06. The van der Waals surface area contributed by atoms with Crippen molar-refractivity contribution in [3.63, 3.8) is 0 Å². The number of nitrogens with one attached hydrogen (secondary N) is 1. The first-order valence-corrected chi connectivity index (χ1v) is 12.0. The van der Waals surface area contributed by atoms with Gasteiger partial charge in [0.05, 0.1) is 17.3 Å². The Balaban J connectivity index is 1.40. The average Bonchev–Trinajstić information content (AvgIpc) is 3.25. The van der Waals surface area contributed by atoms with E-state index in [9.17, 15) is 9.18 Å². The molecule has 1 amide bonds. The molecule has 186 valence electrons. The summed E-state index contributed by atoms with van der Waals surface area (Å²) in [6.45, 7) is 10.6. The molecule has 1 saturated heterocycles. The maximum absolute atomic E-state index is 14.9. The van der Waals surface area contributed by atoms with Crippen molar-refractivity contribution in [2.24, 2.45) is 5.73 Å². The number of halogens is 1. The number of aromatic nitrogens is 3. The number of benzene rings is 2. The first-order chi connectivity index (χ1) is 17.2. The Labute approximate surface area is 209 Å². The van der Waals surface area contributed by atoms with E-state index in [-0.39, 0.29) is 17.3 Å². The van der Waals surface area contributed by atoms with Crippen LogP contribution < -0.4 is 16.0 Å². The normalized spacial score (nSPS) is 14.8. The molecule has 2 aromatic heterocycles. The molecule has 36 heavy (non-hydrogen) atoms. The quantitative estimate of drug-likeness (QED) is 0.436. The van der Waals surface area contributed by atoms with E-state index in [0.717, 1.165) is 43.8 Å². The predicted octanol–water partition coefficient (Wildman–Crippen LogP) is 4.32. The lowest BCUT2D eigenvalue weighted by atomic mass is 10.0. The lowest BCUT2D eigenvalue weighted by molar-refractivity contribution is 0.100. The summed E-state index contributed by atoms with van der Waals surface area (Å²) in [6.07, 6.45) is 2.64. The molecule has 2 aromatic carbocycles. The minimum atomic E-state index is -0.609. The molecule has 9 heteroatoms. The number of nitrogens with two attached hydrogens (primary N) is 1. The molecule has 0 aliphatic carbocycles. The van der Waals surface area contributed by atoms with E-state index < -0.39 is 11.7 Å². The number of para-hydroxylation sites is 1. The average molecular weight is 488 g/mol. The van der Waals surface area contributed by atoms with E-state index in [4.69, 9.17) is 5.73 Å². The van der Waals surface area contributed by atoms with Crippen LogP contribution >= 0.6 is 0 Å². The lowest BCUT2D eigenvalue weighted by Gasteiger charge is -2.43. The standard InChI is InChI=1S/C27H30FN7O/c1-27(2,3)34-13-11-33(12-14-34)19-8-6-7-18(15-19)31-26-30-16-22(28)25(32-26)35-17-21(24(29)36)20-9-4-5-10-23(20)35/h4-10,15-17H,11-14H2,1-3H3,(H2,29,36)(H,30,31,32). The number of hydrogen-bond acceptors (Lipinski definition) is 6. The zero-order valence-electron chi connectivity index (χ0n) is 20.7. The van der Waals surface area contributed by atoms with Gasteiger partial charge in [0.1, 0.15) is 0 Å². The third-order valence-electron chi connectivity index (χ3n) is 6.63. The van der Waals surface area contributed by atoms with Crippen LogP contribution in [0.4, 0.5) is 21.7 Å². The maximum atomic E-state index is 14.9. The molecule has 3 N–H and O–H groups in total. The summed E-state index contributed by atoms with van der Waals surface area (Å²) in [4.78, 5) is 25.4. The monoisotopic (exact) mass is 487 g/mol. The third kappa shape index (κ3) is 4.61. The van der Waals surface area contributed by atoms with Gasteiger partial charge in [0.15, 0.2) is 11.6 Å². The van der Waals surface area contributed by atoms with Crippen LogP contribution in [0.3, 0.4) is 0 Å². The Morgan fingerprint density at radius 3 is 2.53 bits per heavy atom. The van der Waals surface area contributed by atoms with Crippen molar-refractivity contribution < 1.29 is 9.18 Å². The Bertz CT molecular complexity index is 1420. The SMILES string of the molecule is CC(C)(C)N1CCN(c2cccc(Nc3ncc(F)c(-n4cc(C(N)=O)c5ccccc54)n3)c2)CC1. The van der Waals surface area contributed by atoms with E-state index >= 15 is 0 Å². The Morgan fingerprint density at radius 2 is 1.81 bits per heavy atom. The van der Waals surface area contributed by atoms with Crippen molar-refractivity contribution in [3.8, 4) is 5.82 Å². The van der Waals surface area contributed by atoms with Gasteiger partial charge >= 0.3 is 0 Å². The summed E-state index contributed by atoms with van der Waals surface area (Å²) >= 11 is 0. The number of anilines is 3. The zero-order valence-corrected chi connectivity index (χ0v) is 20.7. The molecule has 0 saturated carbocycles. The number of fused-ring (bicyclic) bond motifs is 1. The molecule has 8 nitrogen and oxygen atoms in total. The minimum absolute atomic E-state index is 0.0330. The van der Waals surface area contributed by atoms with Gasteiger partial charge in [-0.25, -0.2) is 9.37 Å². The third-order valence-corrected chi connectivity index (χ3v) is 6.63. The van der Waals surface area contributed by atoms with Crippen LogP contribution in [0.15, 0.2) is 60.9 Å². The van der Waals surface area contributed by atoms with E-state index in [2.05, 4.69) is 58.0 Å². The van der Waals surface area contributed by atoms with Crippen molar-refractivity contribution >= 4 is 34.1 Å². The molecule has 4 aromatic rings. The number of hydrogen-bond donors (Lipinski definition) is 2. The van der Waals surface area contributed by atoms with Crippen molar-refractivity contribution in [2.75, 3.05) is 36.4 Å². The van der Waals surface area contributed by atoms with Crippen LogP contribution in [0.25, 0.3) is 16.7 Å². The predicted molar refractivity (Wildman–Crippen MR) is 141 cm³/mol. The van der Waals surface area contributed by atoms with Gasteiger partial charge in [-0.1, -0.05) is 24.3 Å². The first kappa shape index (κ1) is 23.7. The molecular weight excluding hydrogens is 457 g/mol. The van der Waals surface area contributed by atoms with Crippen LogP contribution in [0, 0.1) is 5.82 Å². The maximum Gasteiger partial charge on any atom is 0.250 e. The second-order valence-corrected chi connectivity index (χ2v) is 9.98. The van der Waals surface area contributed by atoms with Crippen LogP contribution in [0.2, 0.25) is 0 Å². The van der Waals surface area contributed by atoms with Crippen molar-refractivity contribution in [1.82, 2.24) is 19.4 Å². The highest BCUT2D eigenvalue weighted by Crippen LogP contribution is 2.27. The van der Waals surface area contributed by atoms with Crippen LogP contribution in [-0.2, 0) is 0 Å². The fraction of sp³-hybridized carbons (Fsp3) is 0.296. The zero-order chi connectivity index (χ0) is 25.4. The molecule has 3 heterocycles. The van der Waals surface area contributed by atoms with Gasteiger partial charge < -0.3 is 16.0 Å². The van der Waals surface area contributed by atoms with Gasteiger partial charge in [-0.2, -0.15) is 4.98 Å². The number of carbonyl (C=O) groups is 1. The second-order valence-electron chi connectivity index (χ2n) is 9.98. The number of nitrogens with zero attached hydrogens (tertiary/aromatic N) is 5. The van der Waals surface area contributed by atoms with Gasteiger partial charge in [0.25, 0.3) is 5.91 Å². The molecule has 0 spiro atoms.